The number of carbonyl (C=O) groups is 2. The number of benzene rings is 1. The molecule has 138 valence electrons. The molecule has 3 N–H and O–H groups in total. The van der Waals surface area contributed by atoms with Crippen LogP contribution in [0.4, 0.5) is 5.69 Å². The van der Waals surface area contributed by atoms with Gasteiger partial charge in [0, 0.05) is 12.2 Å². The van der Waals surface area contributed by atoms with Crippen LogP contribution in [-0.4, -0.2) is 38.1 Å². The van der Waals surface area contributed by atoms with Crippen molar-refractivity contribution in [2.24, 2.45) is 5.92 Å². The number of amides is 2. The molecule has 0 aromatic heterocycles. The molecule has 6 nitrogen and oxygen atoms in total. The largest absolute Gasteiger partial charge is 0.494 e. The number of piperidine rings is 1. The lowest BCUT2D eigenvalue weighted by molar-refractivity contribution is -0.136. The zero-order valence-corrected chi connectivity index (χ0v) is 15.0. The van der Waals surface area contributed by atoms with E-state index >= 15 is 0 Å². The third-order valence-corrected chi connectivity index (χ3v) is 4.35. The minimum Gasteiger partial charge on any atom is -0.494 e. The third-order valence-electron chi connectivity index (χ3n) is 4.35. The van der Waals surface area contributed by atoms with Crippen LogP contribution in [0.15, 0.2) is 24.3 Å². The molecule has 25 heavy (non-hydrogen) atoms. The Morgan fingerprint density at radius 2 is 2.00 bits per heavy atom. The standard InChI is InChI=1S/C19H29N3O3/c1-2-25-17-10-8-16(9-11-17)22-19(24)18(23)21-13-4-3-6-15-7-5-12-20-14-15/h8-11,15,20H,2-7,12-14H2,1H3,(H,21,23)(H,22,24)/t15-/m1/s1. The maximum Gasteiger partial charge on any atom is 0.313 e. The molecule has 6 heteroatoms. The summed E-state index contributed by atoms with van der Waals surface area (Å²) in [6.45, 7) is 5.28. The molecule has 0 saturated carbocycles. The fraction of sp³-hybridized carbons (Fsp3) is 0.579. The topological polar surface area (TPSA) is 79.5 Å². The summed E-state index contributed by atoms with van der Waals surface area (Å²) >= 11 is 0. The summed E-state index contributed by atoms with van der Waals surface area (Å²) in [6.07, 6.45) is 5.71. The van der Waals surface area contributed by atoms with Gasteiger partial charge in [-0.15, -0.1) is 0 Å². The van der Waals surface area contributed by atoms with Crippen LogP contribution in [0.2, 0.25) is 0 Å². The SMILES string of the molecule is CCOc1ccc(NC(=O)C(=O)NCCCC[C@@H]2CCCNC2)cc1. The van der Waals surface area contributed by atoms with Gasteiger partial charge in [0.25, 0.3) is 0 Å². The Bertz CT molecular complexity index is 539. The fourth-order valence-electron chi connectivity index (χ4n) is 3.00. The quantitative estimate of drug-likeness (QED) is 0.498. The maximum atomic E-state index is 11.9. The van der Waals surface area contributed by atoms with Crippen molar-refractivity contribution in [3.63, 3.8) is 0 Å². The third kappa shape index (κ3) is 7.13. The Balaban J connectivity index is 1.60. The van der Waals surface area contributed by atoms with E-state index in [0.717, 1.165) is 37.6 Å². The summed E-state index contributed by atoms with van der Waals surface area (Å²) in [7, 11) is 0. The molecule has 2 amide bonds. The van der Waals surface area contributed by atoms with Crippen molar-refractivity contribution in [2.45, 2.75) is 39.0 Å². The maximum absolute atomic E-state index is 11.9. The van der Waals surface area contributed by atoms with E-state index in [9.17, 15) is 9.59 Å². The molecule has 1 aliphatic heterocycles. The van der Waals surface area contributed by atoms with Gasteiger partial charge in [-0.3, -0.25) is 9.59 Å². The van der Waals surface area contributed by atoms with Crippen LogP contribution < -0.4 is 20.7 Å². The number of rotatable bonds is 8. The van der Waals surface area contributed by atoms with E-state index in [1.54, 1.807) is 24.3 Å². The van der Waals surface area contributed by atoms with E-state index in [0.29, 0.717) is 18.8 Å². The highest BCUT2D eigenvalue weighted by atomic mass is 16.5. The number of nitrogens with one attached hydrogen (secondary N) is 3. The first-order valence-electron chi connectivity index (χ1n) is 9.21. The summed E-state index contributed by atoms with van der Waals surface area (Å²) in [5.74, 6) is 0.263. The number of hydrogen-bond donors (Lipinski definition) is 3. The van der Waals surface area contributed by atoms with Gasteiger partial charge in [-0.2, -0.15) is 0 Å². The number of unbranched alkanes of at least 4 members (excludes halogenated alkanes) is 1. The predicted octanol–water partition coefficient (Wildman–Crippen LogP) is 2.31. The van der Waals surface area contributed by atoms with Crippen LogP contribution in [0, 0.1) is 5.92 Å². The zero-order chi connectivity index (χ0) is 17.9. The van der Waals surface area contributed by atoms with Crippen LogP contribution >= 0.6 is 0 Å². The van der Waals surface area contributed by atoms with Crippen LogP contribution in [0.3, 0.4) is 0 Å². The lowest BCUT2D eigenvalue weighted by atomic mass is 9.94. The summed E-state index contributed by atoms with van der Waals surface area (Å²) in [5.41, 5.74) is 0.577. The van der Waals surface area contributed by atoms with Crippen LogP contribution in [0.25, 0.3) is 0 Å². The molecule has 0 spiro atoms. The summed E-state index contributed by atoms with van der Waals surface area (Å²) in [4.78, 5) is 23.7. The van der Waals surface area contributed by atoms with Gasteiger partial charge >= 0.3 is 11.8 Å². The summed E-state index contributed by atoms with van der Waals surface area (Å²) in [6, 6.07) is 6.96. The lowest BCUT2D eigenvalue weighted by Crippen LogP contribution is -2.36. The Morgan fingerprint density at radius 3 is 2.68 bits per heavy atom. The van der Waals surface area contributed by atoms with Crippen molar-refractivity contribution in [3.8, 4) is 5.75 Å². The second kappa shape index (κ2) is 10.7. The van der Waals surface area contributed by atoms with E-state index < -0.39 is 11.8 Å². The predicted molar refractivity (Wildman–Crippen MR) is 98.7 cm³/mol. The van der Waals surface area contributed by atoms with Crippen molar-refractivity contribution in [2.75, 3.05) is 31.6 Å². The van der Waals surface area contributed by atoms with Crippen molar-refractivity contribution in [3.05, 3.63) is 24.3 Å². The van der Waals surface area contributed by atoms with Crippen molar-refractivity contribution < 1.29 is 14.3 Å². The van der Waals surface area contributed by atoms with Crippen LogP contribution in [0.5, 0.6) is 5.75 Å². The first-order chi connectivity index (χ1) is 12.2. The van der Waals surface area contributed by atoms with Gasteiger partial charge in [0.1, 0.15) is 5.75 Å². The minimum absolute atomic E-state index is 0.537. The first-order valence-corrected chi connectivity index (χ1v) is 9.21. The van der Waals surface area contributed by atoms with Crippen molar-refractivity contribution in [1.82, 2.24) is 10.6 Å². The monoisotopic (exact) mass is 347 g/mol. The normalized spacial score (nSPS) is 16.9. The Kier molecular flexibility index (Phi) is 8.25. The van der Waals surface area contributed by atoms with Gasteiger partial charge in [-0.25, -0.2) is 0 Å². The van der Waals surface area contributed by atoms with Crippen molar-refractivity contribution in [1.29, 1.82) is 0 Å². The molecule has 1 fully saturated rings. The first kappa shape index (κ1) is 19.2. The molecule has 0 unspecified atom stereocenters. The Hall–Kier alpha value is -2.08. The summed E-state index contributed by atoms with van der Waals surface area (Å²) < 4.78 is 5.34. The fourth-order valence-corrected chi connectivity index (χ4v) is 3.00. The number of hydrogen-bond acceptors (Lipinski definition) is 4. The molecular formula is C19H29N3O3. The van der Waals surface area contributed by atoms with Gasteiger partial charge in [0.05, 0.1) is 6.61 Å². The van der Waals surface area contributed by atoms with Crippen LogP contribution in [0.1, 0.15) is 39.0 Å². The van der Waals surface area contributed by atoms with Gasteiger partial charge in [0.15, 0.2) is 0 Å². The van der Waals surface area contributed by atoms with E-state index in [1.165, 1.54) is 19.3 Å². The van der Waals surface area contributed by atoms with Gasteiger partial charge in [-0.1, -0.05) is 6.42 Å². The zero-order valence-electron chi connectivity index (χ0n) is 15.0. The van der Waals surface area contributed by atoms with E-state index in [1.807, 2.05) is 6.92 Å². The van der Waals surface area contributed by atoms with E-state index in [4.69, 9.17) is 4.74 Å². The molecule has 0 radical (unpaired) electrons. The number of anilines is 1. The van der Waals surface area contributed by atoms with E-state index in [2.05, 4.69) is 16.0 Å². The smallest absolute Gasteiger partial charge is 0.313 e. The van der Waals surface area contributed by atoms with Gasteiger partial charge < -0.3 is 20.7 Å². The van der Waals surface area contributed by atoms with Gasteiger partial charge in [0.2, 0.25) is 0 Å². The van der Waals surface area contributed by atoms with Crippen LogP contribution in [-0.2, 0) is 9.59 Å². The van der Waals surface area contributed by atoms with E-state index in [-0.39, 0.29) is 0 Å². The molecular weight excluding hydrogens is 318 g/mol. The average Bonchev–Trinajstić information content (AvgIpc) is 2.64. The molecule has 1 aromatic carbocycles. The second-order valence-corrected chi connectivity index (χ2v) is 6.38. The molecule has 1 saturated heterocycles. The average molecular weight is 347 g/mol. The second-order valence-electron chi connectivity index (χ2n) is 6.38. The molecule has 2 rings (SSSR count). The number of ether oxygens (including phenoxy) is 1. The highest BCUT2D eigenvalue weighted by Gasteiger charge is 2.14. The number of carbonyl (C=O) groups excluding carboxylic acids is 2. The highest BCUT2D eigenvalue weighted by Crippen LogP contribution is 2.17. The molecule has 0 aliphatic carbocycles. The Labute approximate surface area is 149 Å². The molecule has 1 aromatic rings. The summed E-state index contributed by atoms with van der Waals surface area (Å²) in [5, 5.41) is 8.68. The highest BCUT2D eigenvalue weighted by molar-refractivity contribution is 6.39. The Morgan fingerprint density at radius 1 is 1.20 bits per heavy atom. The molecule has 1 heterocycles. The van der Waals surface area contributed by atoms with Crippen molar-refractivity contribution >= 4 is 17.5 Å². The molecule has 0 bridgehead atoms. The molecule has 1 atom stereocenters. The molecule has 1 aliphatic rings. The van der Waals surface area contributed by atoms with Gasteiger partial charge in [-0.05, 0) is 75.9 Å². The lowest BCUT2D eigenvalue weighted by Gasteiger charge is -2.22. The minimum atomic E-state index is -0.638.